The molecule has 0 saturated carbocycles. The van der Waals surface area contributed by atoms with Crippen LogP contribution in [-0.4, -0.2) is 67.4 Å². The molecule has 0 aliphatic carbocycles. The van der Waals surface area contributed by atoms with Gasteiger partial charge < -0.3 is 14.5 Å². The first-order chi connectivity index (χ1) is 13.3. The maximum Gasteiger partial charge on any atom is 0.0714 e. The summed E-state index contributed by atoms with van der Waals surface area (Å²) in [6, 6.07) is 9.20. The van der Waals surface area contributed by atoms with E-state index in [1.807, 2.05) is 0 Å². The van der Waals surface area contributed by atoms with Gasteiger partial charge in [0.2, 0.25) is 0 Å². The molecule has 2 fully saturated rings. The Kier molecular flexibility index (Phi) is 6.45. The normalized spacial score (nSPS) is 21.6. The highest BCUT2D eigenvalue weighted by atomic mass is 16.5. The van der Waals surface area contributed by atoms with Crippen LogP contribution in [0.5, 0.6) is 0 Å². The lowest BCUT2D eigenvalue weighted by Gasteiger charge is -2.16. The number of hydrogen-bond donors (Lipinski definition) is 1. The number of aromatic amines is 1. The second-order valence-electron chi connectivity index (χ2n) is 8.06. The summed E-state index contributed by atoms with van der Waals surface area (Å²) in [5.41, 5.74) is 4.00. The molecule has 0 bridgehead atoms. The average Bonchev–Trinajstić information content (AvgIpc) is 3.40. The Hall–Kier alpha value is -1.40. The van der Waals surface area contributed by atoms with Crippen LogP contribution in [0.15, 0.2) is 24.3 Å². The van der Waals surface area contributed by atoms with Crippen molar-refractivity contribution in [3.8, 4) is 0 Å². The molecule has 4 rings (SSSR count). The third kappa shape index (κ3) is 5.11. The van der Waals surface area contributed by atoms with E-state index in [0.29, 0.717) is 6.10 Å². The molecule has 2 aliphatic heterocycles. The second-order valence-corrected chi connectivity index (χ2v) is 8.06. The van der Waals surface area contributed by atoms with E-state index in [0.717, 1.165) is 52.2 Å². The lowest BCUT2D eigenvalue weighted by atomic mass is 10.1. The Morgan fingerprint density at radius 2 is 1.93 bits per heavy atom. The molecular weight excluding hydrogens is 338 g/mol. The molecule has 2 saturated heterocycles. The zero-order valence-corrected chi connectivity index (χ0v) is 16.6. The van der Waals surface area contributed by atoms with Crippen molar-refractivity contribution in [2.24, 2.45) is 0 Å². The van der Waals surface area contributed by atoms with Gasteiger partial charge in [0, 0.05) is 63.1 Å². The van der Waals surface area contributed by atoms with E-state index in [2.05, 4.69) is 39.0 Å². The van der Waals surface area contributed by atoms with Crippen LogP contribution >= 0.6 is 0 Å². The van der Waals surface area contributed by atoms with Gasteiger partial charge in [-0.2, -0.15) is 0 Å². The quantitative estimate of drug-likeness (QED) is 0.686. The van der Waals surface area contributed by atoms with Gasteiger partial charge in [-0.3, -0.25) is 9.80 Å². The van der Waals surface area contributed by atoms with Crippen LogP contribution in [0.3, 0.4) is 0 Å². The standard InChI is InChI=1S/C22H33N3O2/c1-26-11-4-12-27-21-7-10-25(17-21)15-18-5-6-22-19(13-18)14-20(23-22)16-24-8-2-3-9-24/h5-6,13-14,21,23H,2-4,7-12,15-17H2,1H3/t21-/m1/s1. The number of fused-ring (bicyclic) bond motifs is 1. The van der Waals surface area contributed by atoms with Crippen molar-refractivity contribution in [2.75, 3.05) is 46.5 Å². The number of aromatic nitrogens is 1. The summed E-state index contributed by atoms with van der Waals surface area (Å²) in [6.07, 6.45) is 5.19. The van der Waals surface area contributed by atoms with Crippen molar-refractivity contribution in [1.29, 1.82) is 0 Å². The Bertz CT molecular complexity index is 723. The first kappa shape index (κ1) is 18.9. The fraction of sp³-hybridized carbons (Fsp3) is 0.636. The van der Waals surface area contributed by atoms with E-state index >= 15 is 0 Å². The molecule has 1 atom stereocenters. The molecular formula is C22H33N3O2. The molecule has 0 spiro atoms. The molecule has 1 aromatic heterocycles. The number of benzene rings is 1. The number of methoxy groups -OCH3 is 1. The van der Waals surface area contributed by atoms with Gasteiger partial charge in [0.15, 0.2) is 0 Å². The average molecular weight is 372 g/mol. The molecule has 27 heavy (non-hydrogen) atoms. The number of nitrogens with zero attached hydrogens (tertiary/aromatic N) is 2. The van der Waals surface area contributed by atoms with Crippen LogP contribution < -0.4 is 0 Å². The molecule has 2 aliphatic rings. The highest BCUT2D eigenvalue weighted by Gasteiger charge is 2.23. The van der Waals surface area contributed by atoms with Gasteiger partial charge in [-0.05, 0) is 62.5 Å². The van der Waals surface area contributed by atoms with Gasteiger partial charge in [0.1, 0.15) is 0 Å². The zero-order valence-electron chi connectivity index (χ0n) is 16.6. The predicted molar refractivity (Wildman–Crippen MR) is 109 cm³/mol. The Balaban J connectivity index is 1.30. The molecule has 5 nitrogen and oxygen atoms in total. The van der Waals surface area contributed by atoms with E-state index in [1.54, 1.807) is 7.11 Å². The minimum absolute atomic E-state index is 0.380. The van der Waals surface area contributed by atoms with Crippen LogP contribution in [0.25, 0.3) is 10.9 Å². The summed E-state index contributed by atoms with van der Waals surface area (Å²) in [5, 5.41) is 1.34. The van der Waals surface area contributed by atoms with Crippen molar-refractivity contribution in [2.45, 2.75) is 44.9 Å². The van der Waals surface area contributed by atoms with Gasteiger partial charge in [0.05, 0.1) is 6.10 Å². The topological polar surface area (TPSA) is 40.7 Å². The number of rotatable bonds is 9. The smallest absolute Gasteiger partial charge is 0.0714 e. The van der Waals surface area contributed by atoms with E-state index in [4.69, 9.17) is 9.47 Å². The fourth-order valence-electron chi connectivity index (χ4n) is 4.40. The summed E-state index contributed by atoms with van der Waals surface area (Å²) in [4.78, 5) is 8.66. The number of ether oxygens (including phenoxy) is 2. The molecule has 3 heterocycles. The number of nitrogens with one attached hydrogen (secondary N) is 1. The number of H-pyrrole nitrogens is 1. The molecule has 148 valence electrons. The molecule has 0 amide bonds. The van der Waals surface area contributed by atoms with E-state index in [9.17, 15) is 0 Å². The van der Waals surface area contributed by atoms with Crippen molar-refractivity contribution in [1.82, 2.24) is 14.8 Å². The number of hydrogen-bond acceptors (Lipinski definition) is 4. The molecule has 2 aromatic rings. The predicted octanol–water partition coefficient (Wildman–Crippen LogP) is 3.39. The lowest BCUT2D eigenvalue weighted by molar-refractivity contribution is 0.0444. The molecule has 0 radical (unpaired) electrons. The Morgan fingerprint density at radius 3 is 2.78 bits per heavy atom. The minimum Gasteiger partial charge on any atom is -0.385 e. The second kappa shape index (κ2) is 9.20. The third-order valence-electron chi connectivity index (χ3n) is 5.82. The molecule has 1 N–H and O–H groups in total. The summed E-state index contributed by atoms with van der Waals surface area (Å²) in [5.74, 6) is 0. The third-order valence-corrected chi connectivity index (χ3v) is 5.82. The van der Waals surface area contributed by atoms with E-state index < -0.39 is 0 Å². The first-order valence-corrected chi connectivity index (χ1v) is 10.5. The molecule has 0 unspecified atom stereocenters. The highest BCUT2D eigenvalue weighted by molar-refractivity contribution is 5.81. The van der Waals surface area contributed by atoms with E-state index in [-0.39, 0.29) is 0 Å². The summed E-state index contributed by atoms with van der Waals surface area (Å²) in [7, 11) is 1.74. The van der Waals surface area contributed by atoms with E-state index in [1.165, 1.54) is 48.1 Å². The Labute approximate surface area is 162 Å². The molecule has 1 aromatic carbocycles. The largest absolute Gasteiger partial charge is 0.385 e. The fourth-order valence-corrected chi connectivity index (χ4v) is 4.40. The zero-order chi connectivity index (χ0) is 18.5. The first-order valence-electron chi connectivity index (χ1n) is 10.5. The van der Waals surface area contributed by atoms with Gasteiger partial charge in [0.25, 0.3) is 0 Å². The SMILES string of the molecule is COCCCO[C@@H]1CCN(Cc2ccc3[nH]c(CN4CCCC4)cc3c2)C1. The van der Waals surface area contributed by atoms with Crippen molar-refractivity contribution < 1.29 is 9.47 Å². The van der Waals surface area contributed by atoms with Gasteiger partial charge in [-0.25, -0.2) is 0 Å². The summed E-state index contributed by atoms with van der Waals surface area (Å²) < 4.78 is 11.1. The maximum absolute atomic E-state index is 5.98. The van der Waals surface area contributed by atoms with Crippen molar-refractivity contribution in [3.63, 3.8) is 0 Å². The van der Waals surface area contributed by atoms with Gasteiger partial charge in [-0.15, -0.1) is 0 Å². The van der Waals surface area contributed by atoms with Gasteiger partial charge in [-0.1, -0.05) is 6.07 Å². The van der Waals surface area contributed by atoms with Crippen LogP contribution in [0.1, 0.15) is 36.9 Å². The van der Waals surface area contributed by atoms with Crippen LogP contribution in [0.2, 0.25) is 0 Å². The van der Waals surface area contributed by atoms with Gasteiger partial charge >= 0.3 is 0 Å². The van der Waals surface area contributed by atoms with Crippen LogP contribution in [-0.2, 0) is 22.6 Å². The number of likely N-dealkylation sites (tertiary alicyclic amines) is 2. The summed E-state index contributed by atoms with van der Waals surface area (Å²) in [6.45, 7) is 8.31. The highest BCUT2D eigenvalue weighted by Crippen LogP contribution is 2.22. The molecule has 5 heteroatoms. The van der Waals surface area contributed by atoms with Crippen molar-refractivity contribution >= 4 is 10.9 Å². The van der Waals surface area contributed by atoms with Crippen LogP contribution in [0, 0.1) is 0 Å². The lowest BCUT2D eigenvalue weighted by Crippen LogP contribution is -2.23. The maximum atomic E-state index is 5.98. The Morgan fingerprint density at radius 1 is 1.04 bits per heavy atom. The summed E-state index contributed by atoms with van der Waals surface area (Å²) >= 11 is 0. The van der Waals surface area contributed by atoms with Crippen LogP contribution in [0.4, 0.5) is 0 Å². The minimum atomic E-state index is 0.380. The van der Waals surface area contributed by atoms with Crippen molar-refractivity contribution in [3.05, 3.63) is 35.5 Å². The monoisotopic (exact) mass is 371 g/mol.